The van der Waals surface area contributed by atoms with Gasteiger partial charge in [0.05, 0.1) is 22.5 Å². The number of para-hydroxylation sites is 1. The molecule has 1 heterocycles. The zero-order valence-corrected chi connectivity index (χ0v) is 18.2. The van der Waals surface area contributed by atoms with Crippen molar-refractivity contribution in [2.75, 3.05) is 13.6 Å². The molecule has 3 N–H and O–H groups in total. The van der Waals surface area contributed by atoms with E-state index in [2.05, 4.69) is 24.9 Å². The van der Waals surface area contributed by atoms with Crippen molar-refractivity contribution in [3.63, 3.8) is 0 Å². The Kier molecular flexibility index (Phi) is 6.05. The van der Waals surface area contributed by atoms with Gasteiger partial charge in [0.15, 0.2) is 0 Å². The molecule has 0 unspecified atom stereocenters. The van der Waals surface area contributed by atoms with Crippen molar-refractivity contribution in [2.45, 2.75) is 13.5 Å². The number of benzene rings is 3. The van der Waals surface area contributed by atoms with E-state index in [1.165, 1.54) is 0 Å². The molecule has 4 aromatic rings. The van der Waals surface area contributed by atoms with Crippen LogP contribution in [-0.4, -0.2) is 39.9 Å². The van der Waals surface area contributed by atoms with E-state index >= 15 is 0 Å². The topological polar surface area (TPSA) is 83.8 Å². The van der Waals surface area contributed by atoms with Gasteiger partial charge in [-0.1, -0.05) is 67.6 Å². The monoisotopic (exact) mass is 426 g/mol. The molecule has 0 aliphatic heterocycles. The van der Waals surface area contributed by atoms with Crippen LogP contribution >= 0.6 is 0 Å². The number of nitrogens with zero attached hydrogens (tertiary/aromatic N) is 3. The predicted octanol–water partition coefficient (Wildman–Crippen LogP) is 4.89. The molecular formula is C26H26N4O2. The van der Waals surface area contributed by atoms with Crippen molar-refractivity contribution in [1.82, 2.24) is 9.47 Å². The summed E-state index contributed by atoms with van der Waals surface area (Å²) in [6.45, 7) is 3.88. The predicted molar refractivity (Wildman–Crippen MR) is 129 cm³/mol. The maximum absolute atomic E-state index is 12.1. The molecule has 32 heavy (non-hydrogen) atoms. The summed E-state index contributed by atoms with van der Waals surface area (Å²) in [5.41, 5.74) is 9.90. The fourth-order valence-corrected chi connectivity index (χ4v) is 3.82. The van der Waals surface area contributed by atoms with Gasteiger partial charge in [-0.2, -0.15) is 0 Å². The number of amides is 1. The Morgan fingerprint density at radius 3 is 2.47 bits per heavy atom. The van der Waals surface area contributed by atoms with Crippen LogP contribution in [0.15, 0.2) is 83.9 Å². The number of carbonyl (C=O) groups is 1. The number of rotatable bonds is 6. The molecule has 1 amide bonds. The van der Waals surface area contributed by atoms with Gasteiger partial charge in [0.1, 0.15) is 0 Å². The van der Waals surface area contributed by atoms with Crippen LogP contribution in [0.3, 0.4) is 0 Å². The van der Waals surface area contributed by atoms with Crippen molar-refractivity contribution < 1.29 is 9.90 Å². The lowest BCUT2D eigenvalue weighted by molar-refractivity contribution is 0.248. The van der Waals surface area contributed by atoms with E-state index in [-0.39, 0.29) is 5.88 Å². The Labute approximate surface area is 187 Å². The molecule has 0 bridgehead atoms. The molecule has 0 saturated heterocycles. The third-order valence-corrected chi connectivity index (χ3v) is 5.50. The number of aromatic hydroxyl groups is 1. The van der Waals surface area contributed by atoms with E-state index in [4.69, 9.17) is 10.7 Å². The number of nitrogens with two attached hydrogens (primary N) is 1. The summed E-state index contributed by atoms with van der Waals surface area (Å²) in [6.07, 6.45) is 0. The second-order valence-corrected chi connectivity index (χ2v) is 7.72. The summed E-state index contributed by atoms with van der Waals surface area (Å²) < 4.78 is 1.12. The summed E-state index contributed by atoms with van der Waals surface area (Å²) in [7, 11) is 2.07. The number of primary amides is 1. The third kappa shape index (κ3) is 4.13. The largest absolute Gasteiger partial charge is 0.494 e. The zero-order chi connectivity index (χ0) is 22.7. The first kappa shape index (κ1) is 21.3. The quantitative estimate of drug-likeness (QED) is 0.430. The van der Waals surface area contributed by atoms with Crippen molar-refractivity contribution in [3.05, 3.63) is 95.6 Å². The molecule has 0 spiro atoms. The molecule has 3 aromatic carbocycles. The number of aromatic nitrogens is 1. The molecule has 4 rings (SSSR count). The third-order valence-electron chi connectivity index (χ3n) is 5.50. The lowest BCUT2D eigenvalue weighted by Gasteiger charge is -2.14. The van der Waals surface area contributed by atoms with E-state index in [1.807, 2.05) is 60.7 Å². The molecule has 0 saturated carbocycles. The highest BCUT2D eigenvalue weighted by atomic mass is 16.3. The lowest BCUT2D eigenvalue weighted by atomic mass is 10.0. The standard InChI is InChI=1S/C26H26N4O2/c1-3-29(2)17-18-10-9-13-20(16-18)28-24(19-11-5-4-6-12-19)23-21-14-7-8-15-22(21)30(25(23)31)26(27)32/h4-16,31H,3,17H2,1-2H3,(H2,27,32). The lowest BCUT2D eigenvalue weighted by Crippen LogP contribution is -2.19. The average Bonchev–Trinajstić information content (AvgIpc) is 3.10. The van der Waals surface area contributed by atoms with Gasteiger partial charge < -0.3 is 15.7 Å². The molecule has 0 radical (unpaired) electrons. The van der Waals surface area contributed by atoms with Gasteiger partial charge in [0, 0.05) is 17.5 Å². The molecule has 162 valence electrons. The Balaban J connectivity index is 1.95. The molecule has 6 heteroatoms. The van der Waals surface area contributed by atoms with Crippen LogP contribution in [0, 0.1) is 0 Å². The maximum Gasteiger partial charge on any atom is 0.326 e. The second-order valence-electron chi connectivity index (χ2n) is 7.72. The SMILES string of the molecule is CCN(C)Cc1cccc(N=C(c2ccccc2)c2c(O)n(C(N)=O)c3ccccc23)c1. The Morgan fingerprint density at radius 2 is 1.75 bits per heavy atom. The Morgan fingerprint density at radius 1 is 1.03 bits per heavy atom. The summed E-state index contributed by atoms with van der Waals surface area (Å²) in [5, 5.41) is 11.8. The highest BCUT2D eigenvalue weighted by molar-refractivity contribution is 6.23. The first-order valence-electron chi connectivity index (χ1n) is 10.5. The van der Waals surface area contributed by atoms with E-state index < -0.39 is 6.03 Å². The second kappa shape index (κ2) is 9.08. The average molecular weight is 427 g/mol. The van der Waals surface area contributed by atoms with E-state index in [1.54, 1.807) is 12.1 Å². The van der Waals surface area contributed by atoms with Crippen LogP contribution in [0.2, 0.25) is 0 Å². The van der Waals surface area contributed by atoms with Crippen LogP contribution in [0.5, 0.6) is 5.88 Å². The molecule has 0 fully saturated rings. The minimum Gasteiger partial charge on any atom is -0.494 e. The van der Waals surface area contributed by atoms with Crippen LogP contribution < -0.4 is 5.73 Å². The summed E-state index contributed by atoms with van der Waals surface area (Å²) in [4.78, 5) is 19.3. The molecule has 0 aliphatic rings. The van der Waals surface area contributed by atoms with E-state index in [0.717, 1.165) is 34.5 Å². The van der Waals surface area contributed by atoms with Crippen molar-refractivity contribution in [1.29, 1.82) is 0 Å². The van der Waals surface area contributed by atoms with Crippen molar-refractivity contribution in [2.24, 2.45) is 10.7 Å². The molecule has 0 atom stereocenters. The minimum absolute atomic E-state index is 0.219. The highest BCUT2D eigenvalue weighted by Crippen LogP contribution is 2.34. The first-order valence-corrected chi connectivity index (χ1v) is 10.5. The van der Waals surface area contributed by atoms with Crippen LogP contribution in [0.4, 0.5) is 10.5 Å². The molecule has 6 nitrogen and oxygen atoms in total. The minimum atomic E-state index is -0.748. The summed E-state index contributed by atoms with van der Waals surface area (Å²) in [5.74, 6) is -0.219. The van der Waals surface area contributed by atoms with E-state index in [0.29, 0.717) is 22.2 Å². The number of aliphatic imine (C=N–C) groups is 1. The van der Waals surface area contributed by atoms with Crippen LogP contribution in [0.1, 0.15) is 23.6 Å². The van der Waals surface area contributed by atoms with Crippen molar-refractivity contribution in [3.8, 4) is 5.88 Å². The van der Waals surface area contributed by atoms with Gasteiger partial charge >= 0.3 is 6.03 Å². The number of hydrogen-bond acceptors (Lipinski definition) is 4. The summed E-state index contributed by atoms with van der Waals surface area (Å²) in [6, 6.07) is 24.2. The molecule has 1 aromatic heterocycles. The number of fused-ring (bicyclic) bond motifs is 1. The molecule has 0 aliphatic carbocycles. The van der Waals surface area contributed by atoms with Gasteiger partial charge in [-0.15, -0.1) is 0 Å². The van der Waals surface area contributed by atoms with E-state index in [9.17, 15) is 9.90 Å². The molecular weight excluding hydrogens is 400 g/mol. The first-order chi connectivity index (χ1) is 15.5. The highest BCUT2D eigenvalue weighted by Gasteiger charge is 2.24. The van der Waals surface area contributed by atoms with Gasteiger partial charge in [0.2, 0.25) is 5.88 Å². The number of hydrogen-bond donors (Lipinski definition) is 2. The van der Waals surface area contributed by atoms with Crippen LogP contribution in [-0.2, 0) is 6.54 Å². The van der Waals surface area contributed by atoms with Gasteiger partial charge in [0.25, 0.3) is 0 Å². The fraction of sp³-hybridized carbons (Fsp3) is 0.154. The smallest absolute Gasteiger partial charge is 0.326 e. The number of carbonyl (C=O) groups excluding carboxylic acids is 1. The normalized spacial score (nSPS) is 11.9. The van der Waals surface area contributed by atoms with Crippen LogP contribution in [0.25, 0.3) is 10.9 Å². The fourth-order valence-electron chi connectivity index (χ4n) is 3.82. The van der Waals surface area contributed by atoms with Gasteiger partial charge in [-0.05, 0) is 37.4 Å². The zero-order valence-electron chi connectivity index (χ0n) is 18.2. The maximum atomic E-state index is 12.1. The van der Waals surface area contributed by atoms with Gasteiger partial charge in [-0.25, -0.2) is 14.4 Å². The summed E-state index contributed by atoms with van der Waals surface area (Å²) >= 11 is 0. The van der Waals surface area contributed by atoms with Crippen molar-refractivity contribution >= 4 is 28.3 Å². The van der Waals surface area contributed by atoms with Gasteiger partial charge in [-0.3, -0.25) is 0 Å². The Bertz CT molecular complexity index is 1290. The Hall–Kier alpha value is -3.90.